The Balaban J connectivity index is 1.94. The Bertz CT molecular complexity index is 1230. The number of carbonyl (C=O) groups excluding carboxylic acids is 1. The van der Waals surface area contributed by atoms with Crippen LogP contribution in [0.1, 0.15) is 25.5 Å². The van der Waals surface area contributed by atoms with Gasteiger partial charge >= 0.3 is 12.1 Å². The summed E-state index contributed by atoms with van der Waals surface area (Å²) in [4.78, 5) is 27.6. The molecule has 12 heteroatoms. The van der Waals surface area contributed by atoms with Gasteiger partial charge in [0.1, 0.15) is 0 Å². The van der Waals surface area contributed by atoms with E-state index < -0.39 is 30.0 Å². The van der Waals surface area contributed by atoms with Crippen molar-refractivity contribution in [3.05, 3.63) is 64.4 Å². The zero-order valence-electron chi connectivity index (χ0n) is 16.9. The fourth-order valence-corrected chi connectivity index (χ4v) is 3.34. The van der Waals surface area contributed by atoms with Crippen molar-refractivity contribution in [3.8, 4) is 11.3 Å². The number of hydrogen-bond donors (Lipinski definition) is 1. The highest BCUT2D eigenvalue weighted by Crippen LogP contribution is 2.26. The van der Waals surface area contributed by atoms with Crippen LogP contribution in [0.4, 0.5) is 13.2 Å². The topological polar surface area (TPSA) is 102 Å². The average Bonchev–Trinajstić information content (AvgIpc) is 2.73. The second-order valence-corrected chi connectivity index (χ2v) is 7.90. The van der Waals surface area contributed by atoms with Gasteiger partial charge in [0.25, 0.3) is 16.8 Å². The molecule has 3 aromatic rings. The van der Waals surface area contributed by atoms with Crippen molar-refractivity contribution in [3.63, 3.8) is 0 Å². The predicted molar refractivity (Wildman–Crippen MR) is 110 cm³/mol. The lowest BCUT2D eigenvalue weighted by molar-refractivity contribution is -0.223. The minimum Gasteiger partial charge on any atom is -0.345 e. The van der Waals surface area contributed by atoms with E-state index in [-0.39, 0.29) is 16.1 Å². The summed E-state index contributed by atoms with van der Waals surface area (Å²) >= 11 is -2.99. The lowest BCUT2D eigenvalue weighted by Gasteiger charge is -2.18. The molecule has 0 saturated heterocycles. The number of fused-ring (bicyclic) bond motifs is 1. The number of carbonyl (C=O) groups is 1. The Morgan fingerprint density at radius 2 is 1.75 bits per heavy atom. The van der Waals surface area contributed by atoms with Crippen LogP contribution in [0, 0.1) is 0 Å². The van der Waals surface area contributed by atoms with Crippen LogP contribution in [-0.2, 0) is 27.4 Å². The first-order chi connectivity index (χ1) is 15.0. The van der Waals surface area contributed by atoms with Crippen LogP contribution in [0.15, 0.2) is 53.3 Å². The second kappa shape index (κ2) is 9.18. The van der Waals surface area contributed by atoms with E-state index in [1.165, 1.54) is 16.8 Å². The number of benzene rings is 2. The summed E-state index contributed by atoms with van der Waals surface area (Å²) in [5, 5.41) is 5.57. The molecule has 1 unspecified atom stereocenters. The third kappa shape index (κ3) is 5.03. The number of alkyl halides is 3. The van der Waals surface area contributed by atoms with Crippen molar-refractivity contribution < 1.29 is 31.6 Å². The van der Waals surface area contributed by atoms with Crippen molar-refractivity contribution in [2.24, 2.45) is 0 Å². The van der Waals surface area contributed by atoms with Gasteiger partial charge in [0.2, 0.25) is 0 Å². The molecule has 1 N–H and O–H groups in total. The van der Waals surface area contributed by atoms with Gasteiger partial charge < -0.3 is 4.84 Å². The van der Waals surface area contributed by atoms with E-state index in [0.29, 0.717) is 27.6 Å². The minimum atomic E-state index is -5.31. The van der Waals surface area contributed by atoms with Gasteiger partial charge in [-0.3, -0.25) is 9.35 Å². The smallest absolute Gasteiger partial charge is 0.345 e. The second-order valence-electron chi connectivity index (χ2n) is 7.03. The van der Waals surface area contributed by atoms with Crippen molar-refractivity contribution in [1.82, 2.24) is 14.2 Å². The number of rotatable bonds is 6. The minimum absolute atomic E-state index is 0.0113. The molecule has 32 heavy (non-hydrogen) atoms. The molecule has 0 amide bonds. The maximum atomic E-state index is 12.7. The fourth-order valence-electron chi connectivity index (χ4n) is 2.95. The van der Waals surface area contributed by atoms with E-state index in [0.717, 1.165) is 0 Å². The van der Waals surface area contributed by atoms with E-state index >= 15 is 0 Å². The first kappa shape index (κ1) is 23.6. The standard InChI is InChI=1S/C20H18F3N3O5S/c1-12(2)26-18(27)16-6-4-3-5-15(16)17(24-26)14-9-7-13(8-10-14)11-25(32(29)30)31-19(28)20(21,22)23/h3-10,12H,11H2,1-2H3,(H,29,30). The van der Waals surface area contributed by atoms with Gasteiger partial charge in [-0.05, 0) is 29.9 Å². The van der Waals surface area contributed by atoms with Crippen molar-refractivity contribution in [2.45, 2.75) is 32.6 Å². The van der Waals surface area contributed by atoms with Crippen LogP contribution >= 0.6 is 0 Å². The number of aromatic nitrogens is 2. The summed E-state index contributed by atoms with van der Waals surface area (Å²) in [6.07, 6.45) is -5.31. The average molecular weight is 469 g/mol. The Kier molecular flexibility index (Phi) is 6.77. The van der Waals surface area contributed by atoms with Crippen molar-refractivity contribution >= 4 is 28.0 Å². The van der Waals surface area contributed by atoms with Crippen LogP contribution in [0.2, 0.25) is 0 Å². The van der Waals surface area contributed by atoms with Crippen LogP contribution in [0.3, 0.4) is 0 Å². The quantitative estimate of drug-likeness (QED) is 0.437. The molecule has 1 aromatic heterocycles. The Morgan fingerprint density at radius 3 is 2.28 bits per heavy atom. The number of hydroxylamine groups is 1. The van der Waals surface area contributed by atoms with E-state index in [2.05, 4.69) is 9.94 Å². The van der Waals surface area contributed by atoms with Crippen LogP contribution in [-0.4, -0.2) is 35.2 Å². The lowest BCUT2D eigenvalue weighted by atomic mass is 10.0. The monoisotopic (exact) mass is 469 g/mol. The van der Waals surface area contributed by atoms with E-state index in [4.69, 9.17) is 4.55 Å². The molecule has 1 heterocycles. The molecule has 3 rings (SSSR count). The Hall–Kier alpha value is -3.09. The first-order valence-corrected chi connectivity index (χ1v) is 10.3. The van der Waals surface area contributed by atoms with Gasteiger partial charge in [0, 0.05) is 10.9 Å². The zero-order chi connectivity index (χ0) is 23.6. The summed E-state index contributed by atoms with van der Waals surface area (Å²) in [7, 11) is 0. The van der Waals surface area contributed by atoms with E-state index in [9.17, 15) is 27.0 Å². The number of nitrogens with zero attached hydrogens (tertiary/aromatic N) is 3. The molecule has 1 atom stereocenters. The Morgan fingerprint density at radius 1 is 1.16 bits per heavy atom. The fraction of sp³-hybridized carbons (Fsp3) is 0.250. The lowest BCUT2D eigenvalue weighted by Crippen LogP contribution is -2.35. The molecular formula is C20H18F3N3O5S. The molecule has 0 spiro atoms. The summed E-state index contributed by atoms with van der Waals surface area (Å²) in [5.41, 5.74) is 1.20. The molecule has 170 valence electrons. The number of hydrogen-bond acceptors (Lipinski definition) is 5. The molecule has 0 saturated carbocycles. The predicted octanol–water partition coefficient (Wildman–Crippen LogP) is 3.60. The van der Waals surface area contributed by atoms with Crippen LogP contribution < -0.4 is 5.56 Å². The summed E-state index contributed by atoms with van der Waals surface area (Å²) in [6, 6.07) is 12.9. The molecule has 0 bridgehead atoms. The SMILES string of the molecule is CC(C)n1nc(-c2ccc(CN(OC(=O)C(F)(F)F)S(=O)O)cc2)c2ccccc2c1=O. The van der Waals surface area contributed by atoms with Crippen LogP contribution in [0.25, 0.3) is 22.0 Å². The molecule has 0 radical (unpaired) electrons. The third-order valence-electron chi connectivity index (χ3n) is 4.45. The summed E-state index contributed by atoms with van der Waals surface area (Å²) in [5.74, 6) is -2.61. The van der Waals surface area contributed by atoms with Gasteiger partial charge in [-0.1, -0.05) is 42.5 Å². The Labute approximate surface area is 182 Å². The first-order valence-electron chi connectivity index (χ1n) is 9.27. The van der Waals surface area contributed by atoms with Crippen molar-refractivity contribution in [2.75, 3.05) is 0 Å². The molecule has 0 aliphatic carbocycles. The maximum absolute atomic E-state index is 12.7. The van der Waals surface area contributed by atoms with E-state index in [1.54, 1.807) is 36.4 Å². The third-order valence-corrected chi connectivity index (χ3v) is 5.00. The molecule has 8 nitrogen and oxygen atoms in total. The molecule has 2 aromatic carbocycles. The molecule has 0 aliphatic heterocycles. The largest absolute Gasteiger partial charge is 0.492 e. The van der Waals surface area contributed by atoms with Gasteiger partial charge in [-0.2, -0.15) is 18.3 Å². The highest BCUT2D eigenvalue weighted by molar-refractivity contribution is 7.76. The molecule has 0 aliphatic rings. The molecular weight excluding hydrogens is 451 g/mol. The van der Waals surface area contributed by atoms with Crippen LogP contribution in [0.5, 0.6) is 0 Å². The molecule has 0 fully saturated rings. The normalized spacial score (nSPS) is 13.0. The highest BCUT2D eigenvalue weighted by atomic mass is 32.2. The maximum Gasteiger partial charge on any atom is 0.492 e. The van der Waals surface area contributed by atoms with E-state index in [1.807, 2.05) is 13.8 Å². The number of halogens is 3. The summed E-state index contributed by atoms with van der Waals surface area (Å²) < 4.78 is 59.0. The zero-order valence-corrected chi connectivity index (χ0v) is 17.7. The van der Waals surface area contributed by atoms with Crippen molar-refractivity contribution in [1.29, 1.82) is 0 Å². The van der Waals surface area contributed by atoms with Gasteiger partial charge in [0.05, 0.1) is 23.7 Å². The van der Waals surface area contributed by atoms with Gasteiger partial charge in [0.15, 0.2) is 0 Å². The highest BCUT2D eigenvalue weighted by Gasteiger charge is 2.43. The summed E-state index contributed by atoms with van der Waals surface area (Å²) in [6.45, 7) is 3.08. The van der Waals surface area contributed by atoms with Gasteiger partial charge in [-0.25, -0.2) is 13.7 Å². The van der Waals surface area contributed by atoms with Gasteiger partial charge in [-0.15, -0.1) is 0 Å².